The molecule has 1 atom stereocenters. The number of carboxylic acid groups (broad SMARTS) is 3. The second kappa shape index (κ2) is 21.2. The number of aliphatic hydroxyl groups is 1. The Kier molecular flexibility index (Phi) is 53.3. The number of rotatable bonds is 5. The van der Waals surface area contributed by atoms with E-state index in [1.165, 1.54) is 0 Å². The van der Waals surface area contributed by atoms with Crippen molar-refractivity contribution in [2.75, 3.05) is 0 Å². The molecule has 0 heterocycles. The average Bonchev–Trinajstić information content (AvgIpc) is 1.82. The monoisotopic (exact) mass is 356 g/mol. The summed E-state index contributed by atoms with van der Waals surface area (Å²) >= 11 is 0. The minimum atomic E-state index is -2.74. The third kappa shape index (κ3) is 20.3. The molecule has 0 aliphatic rings. The summed E-state index contributed by atoms with van der Waals surface area (Å²) in [6.07, 6.45) is -2.29. The van der Waals surface area contributed by atoms with Crippen LogP contribution in [0.15, 0.2) is 0 Å². The van der Waals surface area contributed by atoms with E-state index >= 15 is 0 Å². The van der Waals surface area contributed by atoms with Crippen LogP contribution >= 0.6 is 22.3 Å². The van der Waals surface area contributed by atoms with Crippen molar-refractivity contribution in [3.63, 3.8) is 0 Å². The first-order valence-corrected chi connectivity index (χ1v) is 3.17. The van der Waals surface area contributed by atoms with Crippen LogP contribution in [0, 0.1) is 0 Å². The number of carboxylic acids is 3. The Labute approximate surface area is 144 Å². The van der Waals surface area contributed by atoms with E-state index in [1.807, 2.05) is 0 Å². The summed E-state index contributed by atoms with van der Waals surface area (Å²) in [5.41, 5.74) is -2.74. The van der Waals surface area contributed by atoms with Crippen LogP contribution in [0.25, 0.3) is 0 Å². The van der Waals surface area contributed by atoms with Crippen LogP contribution < -0.4 is 29.6 Å². The molecule has 20 heavy (non-hydrogen) atoms. The topological polar surface area (TPSA) is 257 Å². The van der Waals surface area contributed by atoms with Crippen LogP contribution in [0.3, 0.4) is 0 Å². The van der Waals surface area contributed by atoms with Crippen molar-refractivity contribution in [2.45, 2.75) is 18.4 Å². The second-order valence-corrected chi connectivity index (χ2v) is 2.48. The summed E-state index contributed by atoms with van der Waals surface area (Å²) in [6.45, 7) is 0. The molecule has 0 rings (SSSR count). The summed E-state index contributed by atoms with van der Waals surface area (Å²) in [4.78, 5) is 30.5. The molecule has 0 saturated carbocycles. The van der Waals surface area contributed by atoms with Gasteiger partial charge in [0.25, 0.3) is 0 Å². The molecule has 0 aliphatic carbocycles. The Morgan fingerprint density at radius 1 is 0.850 bits per heavy atom. The predicted molar refractivity (Wildman–Crippen MR) is 68.2 cm³/mol. The van der Waals surface area contributed by atoms with E-state index in [1.54, 1.807) is 0 Å². The van der Waals surface area contributed by atoms with E-state index in [0.29, 0.717) is 0 Å². The third-order valence-corrected chi connectivity index (χ3v) is 1.29. The molecule has 0 bridgehead atoms. The van der Waals surface area contributed by atoms with E-state index < -0.39 is 36.4 Å². The Bertz CT molecular complexity index is 247. The molecule has 0 aromatic rings. The van der Waals surface area contributed by atoms with Crippen molar-refractivity contribution in [3.8, 4) is 0 Å². The van der Waals surface area contributed by atoms with Crippen LogP contribution in [0.1, 0.15) is 12.8 Å². The molecule has 0 aliphatic heterocycles. The quantitative estimate of drug-likeness (QED) is 0.271. The van der Waals surface area contributed by atoms with Crippen LogP contribution in [0.4, 0.5) is 0 Å². The zero-order chi connectivity index (χ0) is 10.6. The summed E-state index contributed by atoms with van der Waals surface area (Å²) in [5.74, 6) is -5.02. The fourth-order valence-electron chi connectivity index (χ4n) is 0.714. The maximum absolute atomic E-state index is 10.3. The van der Waals surface area contributed by atoms with Crippen molar-refractivity contribution < 1.29 is 86.3 Å². The first-order valence-electron chi connectivity index (χ1n) is 3.17. The van der Waals surface area contributed by atoms with Crippen molar-refractivity contribution in [1.82, 2.24) is 0 Å². The van der Waals surface area contributed by atoms with Crippen molar-refractivity contribution >= 4 is 40.2 Å². The molecule has 0 aromatic heterocycles. The normalized spacial score (nSPS) is 7.05. The minimum absolute atomic E-state index is 0. The van der Waals surface area contributed by atoms with Crippen LogP contribution in [0.5, 0.6) is 0 Å². The van der Waals surface area contributed by atoms with E-state index in [-0.39, 0.29) is 73.8 Å². The SMILES string of the molecule is Cl.O.O.O.O=C(O)CC(O)(CC(=O)O)C(=O)O.P.[Na+].[OH-]. The Morgan fingerprint density at radius 2 is 1.05 bits per heavy atom. The smallest absolute Gasteiger partial charge is 0.870 e. The minimum Gasteiger partial charge on any atom is -0.870 e. The number of halogens is 1. The second-order valence-electron chi connectivity index (χ2n) is 2.48. The molecule has 0 aromatic carbocycles. The largest absolute Gasteiger partial charge is 1.00 e. The molecular formula is C6H19ClNaO11P. The molecule has 0 amide bonds. The zero-order valence-corrected chi connectivity index (χ0v) is 14.7. The first kappa shape index (κ1) is 50.2. The summed E-state index contributed by atoms with van der Waals surface area (Å²) in [7, 11) is 0. The van der Waals surface area contributed by atoms with Gasteiger partial charge in [0.15, 0.2) is 5.60 Å². The number of aliphatic carboxylic acids is 3. The van der Waals surface area contributed by atoms with Crippen molar-refractivity contribution in [2.24, 2.45) is 0 Å². The van der Waals surface area contributed by atoms with Crippen LogP contribution in [0.2, 0.25) is 0 Å². The Morgan fingerprint density at radius 3 is 1.15 bits per heavy atom. The Hall–Kier alpha value is -0.0700. The predicted octanol–water partition coefficient (Wildman–Crippen LogP) is -6.42. The summed E-state index contributed by atoms with van der Waals surface area (Å²) in [5, 5.41) is 33.8. The fraction of sp³-hybridized carbons (Fsp3) is 0.500. The van der Waals surface area contributed by atoms with E-state index in [4.69, 9.17) is 20.4 Å². The third-order valence-electron chi connectivity index (χ3n) is 1.29. The molecule has 11 nitrogen and oxygen atoms in total. The van der Waals surface area contributed by atoms with Crippen LogP contribution in [-0.4, -0.2) is 65.8 Å². The van der Waals surface area contributed by atoms with E-state index in [2.05, 4.69) is 0 Å². The molecule has 0 spiro atoms. The van der Waals surface area contributed by atoms with Gasteiger partial charge in [-0.25, -0.2) is 4.79 Å². The van der Waals surface area contributed by atoms with Gasteiger partial charge in [0.1, 0.15) is 0 Å². The van der Waals surface area contributed by atoms with Crippen LogP contribution in [-0.2, 0) is 14.4 Å². The number of hydrogen-bond acceptors (Lipinski definition) is 5. The van der Waals surface area contributed by atoms with Gasteiger partial charge in [-0.2, -0.15) is 9.90 Å². The molecule has 0 saturated heterocycles. The molecular weight excluding hydrogens is 337 g/mol. The molecule has 14 heteroatoms. The van der Waals surface area contributed by atoms with Gasteiger partial charge in [-0.1, -0.05) is 0 Å². The van der Waals surface area contributed by atoms with Gasteiger partial charge in [0.2, 0.25) is 0 Å². The molecule has 1 unspecified atom stereocenters. The molecule has 122 valence electrons. The van der Waals surface area contributed by atoms with Gasteiger partial charge in [0, 0.05) is 0 Å². The number of hydrogen-bond donors (Lipinski definition) is 4. The summed E-state index contributed by atoms with van der Waals surface area (Å²) in [6, 6.07) is 0. The van der Waals surface area contributed by atoms with Gasteiger partial charge >= 0.3 is 47.5 Å². The standard InChI is InChI=1S/C6H8O7.ClH.Na.4H2O.H3P/c7-3(8)1-6(13,5(11)12)2-4(9)10;;;;;;;/h13H,1-2H2,(H,7,8)(H,9,10)(H,11,12);1H;;4*1H2;1H3/q;;+1;;;;;/p-1. The van der Waals surface area contributed by atoms with Crippen molar-refractivity contribution in [3.05, 3.63) is 0 Å². The number of carbonyl (C=O) groups is 3. The van der Waals surface area contributed by atoms with Gasteiger partial charge in [0.05, 0.1) is 12.8 Å². The summed E-state index contributed by atoms with van der Waals surface area (Å²) < 4.78 is 0. The first-order chi connectivity index (χ1) is 5.78. The average molecular weight is 357 g/mol. The molecule has 11 N–H and O–H groups in total. The van der Waals surface area contributed by atoms with Gasteiger partial charge in [-0.3, -0.25) is 9.59 Å². The van der Waals surface area contributed by atoms with Crippen molar-refractivity contribution in [1.29, 1.82) is 0 Å². The van der Waals surface area contributed by atoms with E-state index in [9.17, 15) is 14.4 Å². The molecule has 0 fully saturated rings. The maximum atomic E-state index is 10.3. The fourth-order valence-corrected chi connectivity index (χ4v) is 0.714. The Balaban J connectivity index is -0.0000000343. The molecule has 0 radical (unpaired) electrons. The van der Waals surface area contributed by atoms with Gasteiger partial charge in [-0.15, -0.1) is 12.4 Å². The van der Waals surface area contributed by atoms with Gasteiger partial charge < -0.3 is 42.3 Å². The zero-order valence-electron chi connectivity index (χ0n) is 10.5. The maximum Gasteiger partial charge on any atom is 1.00 e. The van der Waals surface area contributed by atoms with Gasteiger partial charge in [-0.05, 0) is 0 Å². The van der Waals surface area contributed by atoms with E-state index in [0.717, 1.165) is 0 Å².